The minimum absolute atomic E-state index is 0.268. The number of unbranched alkanes of at least 4 members (excludes halogenated alkanes) is 7. The lowest BCUT2D eigenvalue weighted by Gasteiger charge is -2.06. The predicted molar refractivity (Wildman–Crippen MR) is 139 cm³/mol. The van der Waals surface area contributed by atoms with Crippen LogP contribution in [0.5, 0.6) is 5.75 Å². The maximum absolute atomic E-state index is 12.0. The minimum Gasteiger partial charge on any atom is -0.423 e. The maximum atomic E-state index is 12.0. The molecule has 1 aromatic heterocycles. The Labute approximate surface area is 206 Å². The second-order valence-corrected chi connectivity index (χ2v) is 8.71. The summed E-state index contributed by atoms with van der Waals surface area (Å²) in [6, 6.07) is 8.37. The van der Waals surface area contributed by atoms with Crippen molar-refractivity contribution in [2.24, 2.45) is 0 Å². The van der Waals surface area contributed by atoms with Gasteiger partial charge < -0.3 is 9.47 Å². The SMILES string of the molecule is CCCCCCC/C=C\CC(=O)Oc1cnc(-c2ccc(CCCCCOCCC)cc2)nc1. The van der Waals surface area contributed by atoms with Gasteiger partial charge >= 0.3 is 5.97 Å². The fourth-order valence-electron chi connectivity index (χ4n) is 3.63. The molecule has 0 saturated carbocycles. The third kappa shape index (κ3) is 12.1. The summed E-state index contributed by atoms with van der Waals surface area (Å²) in [6.07, 6.45) is 20.3. The van der Waals surface area contributed by atoms with E-state index < -0.39 is 0 Å². The number of ether oxygens (including phenoxy) is 2. The van der Waals surface area contributed by atoms with Gasteiger partial charge in [-0.3, -0.25) is 4.79 Å². The fourth-order valence-corrected chi connectivity index (χ4v) is 3.63. The normalized spacial score (nSPS) is 11.2. The molecule has 34 heavy (non-hydrogen) atoms. The van der Waals surface area contributed by atoms with E-state index in [1.807, 2.05) is 18.2 Å². The second-order valence-electron chi connectivity index (χ2n) is 8.71. The van der Waals surface area contributed by atoms with E-state index in [-0.39, 0.29) is 12.4 Å². The average molecular weight is 467 g/mol. The Bertz CT molecular complexity index is 816. The molecule has 2 aromatic rings. The highest BCUT2D eigenvalue weighted by Gasteiger charge is 2.06. The van der Waals surface area contributed by atoms with Crippen molar-refractivity contribution in [2.75, 3.05) is 13.2 Å². The van der Waals surface area contributed by atoms with Crippen LogP contribution >= 0.6 is 0 Å². The van der Waals surface area contributed by atoms with Crippen molar-refractivity contribution in [3.63, 3.8) is 0 Å². The number of hydrogen-bond donors (Lipinski definition) is 0. The van der Waals surface area contributed by atoms with Crippen molar-refractivity contribution in [3.05, 3.63) is 54.4 Å². The molecule has 0 amide bonds. The van der Waals surface area contributed by atoms with E-state index in [0.717, 1.165) is 44.5 Å². The van der Waals surface area contributed by atoms with Crippen molar-refractivity contribution in [3.8, 4) is 17.1 Å². The highest BCUT2D eigenvalue weighted by molar-refractivity contribution is 5.73. The van der Waals surface area contributed by atoms with Gasteiger partial charge in [0.05, 0.1) is 18.8 Å². The van der Waals surface area contributed by atoms with Gasteiger partial charge in [0, 0.05) is 18.8 Å². The molecule has 2 rings (SSSR count). The number of nitrogens with zero attached hydrogens (tertiary/aromatic N) is 2. The predicted octanol–water partition coefficient (Wildman–Crippen LogP) is 7.50. The summed E-state index contributed by atoms with van der Waals surface area (Å²) in [5.41, 5.74) is 2.27. The first-order chi connectivity index (χ1) is 16.7. The summed E-state index contributed by atoms with van der Waals surface area (Å²) >= 11 is 0. The summed E-state index contributed by atoms with van der Waals surface area (Å²) in [6.45, 7) is 6.08. The van der Waals surface area contributed by atoms with E-state index in [1.54, 1.807) is 12.4 Å². The first kappa shape index (κ1) is 27.7. The molecule has 0 atom stereocenters. The average Bonchev–Trinajstić information content (AvgIpc) is 2.86. The molecule has 0 spiro atoms. The summed E-state index contributed by atoms with van der Waals surface area (Å²) in [5.74, 6) is 0.712. The van der Waals surface area contributed by atoms with E-state index in [0.29, 0.717) is 11.6 Å². The molecular weight excluding hydrogens is 424 g/mol. The molecular formula is C29H42N2O3. The molecule has 1 aromatic carbocycles. The van der Waals surface area contributed by atoms with Crippen molar-refractivity contribution in [1.29, 1.82) is 0 Å². The molecule has 0 unspecified atom stereocenters. The number of carbonyl (C=O) groups excluding carboxylic acids is 1. The van der Waals surface area contributed by atoms with Gasteiger partial charge in [-0.15, -0.1) is 0 Å². The minimum atomic E-state index is -0.292. The molecule has 5 heteroatoms. The number of rotatable bonds is 18. The van der Waals surface area contributed by atoms with Crippen LogP contribution in [0.4, 0.5) is 0 Å². The van der Waals surface area contributed by atoms with E-state index in [2.05, 4.69) is 42.0 Å². The van der Waals surface area contributed by atoms with E-state index >= 15 is 0 Å². The highest BCUT2D eigenvalue weighted by atomic mass is 16.5. The Kier molecular flexibility index (Phi) is 14.6. The molecule has 186 valence electrons. The van der Waals surface area contributed by atoms with Crippen LogP contribution in [0.2, 0.25) is 0 Å². The smallest absolute Gasteiger partial charge is 0.315 e. The third-order valence-corrected chi connectivity index (χ3v) is 5.60. The number of hydrogen-bond acceptors (Lipinski definition) is 5. The molecule has 5 nitrogen and oxygen atoms in total. The monoisotopic (exact) mass is 466 g/mol. The zero-order valence-corrected chi connectivity index (χ0v) is 21.1. The van der Waals surface area contributed by atoms with E-state index in [1.165, 1.54) is 50.5 Å². The van der Waals surface area contributed by atoms with Gasteiger partial charge in [0.15, 0.2) is 11.6 Å². The molecule has 0 radical (unpaired) electrons. The van der Waals surface area contributed by atoms with Crippen LogP contribution in [0.15, 0.2) is 48.8 Å². The van der Waals surface area contributed by atoms with Crippen LogP contribution in [0.25, 0.3) is 11.4 Å². The Morgan fingerprint density at radius 2 is 1.56 bits per heavy atom. The summed E-state index contributed by atoms with van der Waals surface area (Å²) in [7, 11) is 0. The molecule has 1 heterocycles. The number of esters is 1. The quantitative estimate of drug-likeness (QED) is 0.129. The number of benzene rings is 1. The summed E-state index contributed by atoms with van der Waals surface area (Å²) in [5, 5.41) is 0. The largest absolute Gasteiger partial charge is 0.423 e. The van der Waals surface area contributed by atoms with Gasteiger partial charge in [-0.25, -0.2) is 9.97 Å². The van der Waals surface area contributed by atoms with Crippen molar-refractivity contribution in [1.82, 2.24) is 9.97 Å². The van der Waals surface area contributed by atoms with Crippen LogP contribution in [0.1, 0.15) is 90.0 Å². The van der Waals surface area contributed by atoms with Gasteiger partial charge in [-0.2, -0.15) is 0 Å². The van der Waals surface area contributed by atoms with Gasteiger partial charge in [-0.1, -0.05) is 82.4 Å². The van der Waals surface area contributed by atoms with Gasteiger partial charge in [0.1, 0.15) is 0 Å². The van der Waals surface area contributed by atoms with Crippen LogP contribution in [0.3, 0.4) is 0 Å². The Balaban J connectivity index is 1.67. The standard InChI is InChI=1S/C29H42N2O3/c1-3-5-6-7-8-9-10-13-16-28(32)34-27-23-30-29(31-24-27)26-19-17-25(18-20-26)15-12-11-14-22-33-21-4-2/h10,13,17-20,23-24H,3-9,11-12,14-16,21-22H2,1-2H3/b13-10-. The van der Waals surface area contributed by atoms with Gasteiger partial charge in [0.2, 0.25) is 0 Å². The van der Waals surface area contributed by atoms with E-state index in [4.69, 9.17) is 9.47 Å². The fraction of sp³-hybridized carbons (Fsp3) is 0.552. The maximum Gasteiger partial charge on any atom is 0.315 e. The number of aromatic nitrogens is 2. The Hall–Kier alpha value is -2.53. The summed E-state index contributed by atoms with van der Waals surface area (Å²) in [4.78, 5) is 20.8. The van der Waals surface area contributed by atoms with Crippen LogP contribution in [0, 0.1) is 0 Å². The van der Waals surface area contributed by atoms with Gasteiger partial charge in [0.25, 0.3) is 0 Å². The van der Waals surface area contributed by atoms with Crippen LogP contribution in [-0.2, 0) is 16.0 Å². The molecule has 0 aliphatic rings. The lowest BCUT2D eigenvalue weighted by Crippen LogP contribution is -2.07. The van der Waals surface area contributed by atoms with Gasteiger partial charge in [-0.05, 0) is 44.1 Å². The van der Waals surface area contributed by atoms with Crippen molar-refractivity contribution >= 4 is 5.97 Å². The molecule has 0 saturated heterocycles. The number of allylic oxidation sites excluding steroid dienone is 1. The molecule has 0 N–H and O–H groups in total. The number of carbonyl (C=O) groups is 1. The first-order valence-electron chi connectivity index (χ1n) is 13.1. The molecule has 0 fully saturated rings. The highest BCUT2D eigenvalue weighted by Crippen LogP contribution is 2.18. The van der Waals surface area contributed by atoms with Crippen LogP contribution < -0.4 is 4.74 Å². The lowest BCUT2D eigenvalue weighted by atomic mass is 10.0. The molecule has 0 aliphatic heterocycles. The zero-order valence-electron chi connectivity index (χ0n) is 21.1. The molecule has 0 bridgehead atoms. The Morgan fingerprint density at radius 1 is 0.824 bits per heavy atom. The number of aryl methyl sites for hydroxylation is 1. The summed E-state index contributed by atoms with van der Waals surface area (Å²) < 4.78 is 10.9. The van der Waals surface area contributed by atoms with Crippen LogP contribution in [-0.4, -0.2) is 29.2 Å². The second kappa shape index (κ2) is 17.9. The Morgan fingerprint density at radius 3 is 2.29 bits per heavy atom. The lowest BCUT2D eigenvalue weighted by molar-refractivity contribution is -0.133. The molecule has 0 aliphatic carbocycles. The zero-order chi connectivity index (χ0) is 24.3. The third-order valence-electron chi connectivity index (χ3n) is 5.60. The first-order valence-corrected chi connectivity index (χ1v) is 13.1. The topological polar surface area (TPSA) is 61.3 Å². The van der Waals surface area contributed by atoms with Crippen molar-refractivity contribution < 1.29 is 14.3 Å². The van der Waals surface area contributed by atoms with E-state index in [9.17, 15) is 4.79 Å². The van der Waals surface area contributed by atoms with Crippen molar-refractivity contribution in [2.45, 2.75) is 90.9 Å².